The first-order chi connectivity index (χ1) is 8.15. The molecule has 2 unspecified atom stereocenters. The van der Waals surface area contributed by atoms with Crippen LogP contribution in [0, 0.1) is 5.92 Å². The van der Waals surface area contributed by atoms with Crippen molar-refractivity contribution in [1.29, 1.82) is 0 Å². The SMILES string of the molecule is CCCC[C@H](N)C(=O)NC1CCCCCC1C. The van der Waals surface area contributed by atoms with E-state index < -0.39 is 0 Å². The van der Waals surface area contributed by atoms with Crippen molar-refractivity contribution in [2.24, 2.45) is 11.7 Å². The third-order valence-corrected chi connectivity index (χ3v) is 3.89. The van der Waals surface area contributed by atoms with E-state index in [1.165, 1.54) is 25.7 Å². The molecule has 3 N–H and O–H groups in total. The Labute approximate surface area is 106 Å². The summed E-state index contributed by atoms with van der Waals surface area (Å²) in [7, 11) is 0. The molecule has 1 amide bonds. The zero-order valence-electron chi connectivity index (χ0n) is 11.4. The number of hydrogen-bond acceptors (Lipinski definition) is 2. The summed E-state index contributed by atoms with van der Waals surface area (Å²) in [5, 5.41) is 3.15. The summed E-state index contributed by atoms with van der Waals surface area (Å²) in [5.74, 6) is 0.650. The fraction of sp³-hybridized carbons (Fsp3) is 0.929. The minimum atomic E-state index is -0.314. The molecule has 3 nitrogen and oxygen atoms in total. The molecule has 1 aliphatic carbocycles. The molecule has 3 heteroatoms. The quantitative estimate of drug-likeness (QED) is 0.726. The van der Waals surface area contributed by atoms with Crippen LogP contribution in [0.1, 0.15) is 65.2 Å². The van der Waals surface area contributed by atoms with Gasteiger partial charge in [0, 0.05) is 6.04 Å². The van der Waals surface area contributed by atoms with E-state index in [2.05, 4.69) is 19.2 Å². The maximum absolute atomic E-state index is 11.9. The molecule has 0 bridgehead atoms. The van der Waals surface area contributed by atoms with Gasteiger partial charge in [0.1, 0.15) is 0 Å². The summed E-state index contributed by atoms with van der Waals surface area (Å²) in [6, 6.07) is 0.0306. The zero-order chi connectivity index (χ0) is 12.7. The number of unbranched alkanes of at least 4 members (excludes halogenated alkanes) is 1. The summed E-state index contributed by atoms with van der Waals surface area (Å²) >= 11 is 0. The van der Waals surface area contributed by atoms with Crippen molar-refractivity contribution in [3.05, 3.63) is 0 Å². The van der Waals surface area contributed by atoms with E-state index in [4.69, 9.17) is 5.73 Å². The van der Waals surface area contributed by atoms with Crippen LogP contribution >= 0.6 is 0 Å². The normalized spacial score (nSPS) is 27.2. The van der Waals surface area contributed by atoms with Crippen LogP contribution in [0.5, 0.6) is 0 Å². The second-order valence-corrected chi connectivity index (χ2v) is 5.48. The Bertz CT molecular complexity index is 230. The number of hydrogen-bond donors (Lipinski definition) is 2. The third-order valence-electron chi connectivity index (χ3n) is 3.89. The Morgan fingerprint density at radius 3 is 2.76 bits per heavy atom. The molecule has 1 aliphatic rings. The lowest BCUT2D eigenvalue weighted by Crippen LogP contribution is -2.47. The first-order valence-corrected chi connectivity index (χ1v) is 7.21. The summed E-state index contributed by atoms with van der Waals surface area (Å²) in [6.07, 6.45) is 9.13. The van der Waals surface area contributed by atoms with Crippen LogP contribution in [0.15, 0.2) is 0 Å². The number of amides is 1. The van der Waals surface area contributed by atoms with Crippen LogP contribution in [0.4, 0.5) is 0 Å². The highest BCUT2D eigenvalue weighted by Gasteiger charge is 2.23. The van der Waals surface area contributed by atoms with E-state index in [0.717, 1.165) is 25.7 Å². The summed E-state index contributed by atoms with van der Waals surface area (Å²) < 4.78 is 0. The molecule has 0 aromatic heterocycles. The van der Waals surface area contributed by atoms with E-state index >= 15 is 0 Å². The fourth-order valence-electron chi connectivity index (χ4n) is 2.55. The second kappa shape index (κ2) is 7.70. The van der Waals surface area contributed by atoms with Crippen molar-refractivity contribution >= 4 is 5.91 Å². The van der Waals surface area contributed by atoms with E-state index in [1.54, 1.807) is 0 Å². The van der Waals surface area contributed by atoms with Gasteiger partial charge in [-0.15, -0.1) is 0 Å². The van der Waals surface area contributed by atoms with Crippen molar-refractivity contribution < 1.29 is 4.79 Å². The van der Waals surface area contributed by atoms with Crippen molar-refractivity contribution in [3.8, 4) is 0 Å². The van der Waals surface area contributed by atoms with Gasteiger partial charge in [-0.05, 0) is 25.2 Å². The van der Waals surface area contributed by atoms with Gasteiger partial charge in [0.05, 0.1) is 6.04 Å². The molecule has 1 fully saturated rings. The molecule has 0 spiro atoms. The molecular formula is C14H28N2O. The van der Waals surface area contributed by atoms with Crippen molar-refractivity contribution in [1.82, 2.24) is 5.32 Å². The molecular weight excluding hydrogens is 212 g/mol. The van der Waals surface area contributed by atoms with Crippen molar-refractivity contribution in [3.63, 3.8) is 0 Å². The van der Waals surface area contributed by atoms with Crippen LogP contribution in [-0.2, 0) is 4.79 Å². The van der Waals surface area contributed by atoms with E-state index in [0.29, 0.717) is 12.0 Å². The monoisotopic (exact) mass is 240 g/mol. The van der Waals surface area contributed by atoms with Gasteiger partial charge in [0.15, 0.2) is 0 Å². The first-order valence-electron chi connectivity index (χ1n) is 7.21. The first kappa shape index (κ1) is 14.5. The molecule has 1 saturated carbocycles. The smallest absolute Gasteiger partial charge is 0.237 e. The summed E-state index contributed by atoms with van der Waals surface area (Å²) in [6.45, 7) is 4.37. The minimum Gasteiger partial charge on any atom is -0.352 e. The number of rotatable bonds is 5. The third kappa shape index (κ3) is 5.07. The average molecular weight is 240 g/mol. The maximum Gasteiger partial charge on any atom is 0.237 e. The molecule has 0 radical (unpaired) electrons. The second-order valence-electron chi connectivity index (χ2n) is 5.48. The molecule has 0 saturated heterocycles. The van der Waals surface area contributed by atoms with E-state index in [9.17, 15) is 4.79 Å². The highest BCUT2D eigenvalue weighted by Crippen LogP contribution is 2.23. The Balaban J connectivity index is 2.37. The lowest BCUT2D eigenvalue weighted by molar-refractivity contribution is -0.123. The van der Waals surface area contributed by atoms with Crippen LogP contribution < -0.4 is 11.1 Å². The Kier molecular flexibility index (Phi) is 6.56. The maximum atomic E-state index is 11.9. The van der Waals surface area contributed by atoms with Gasteiger partial charge in [0.25, 0.3) is 0 Å². The van der Waals surface area contributed by atoms with Crippen molar-refractivity contribution in [2.75, 3.05) is 0 Å². The molecule has 17 heavy (non-hydrogen) atoms. The highest BCUT2D eigenvalue weighted by molar-refractivity contribution is 5.81. The molecule has 100 valence electrons. The van der Waals surface area contributed by atoms with Gasteiger partial charge in [-0.1, -0.05) is 46.0 Å². The van der Waals surface area contributed by atoms with Crippen LogP contribution in [0.25, 0.3) is 0 Å². The molecule has 0 aliphatic heterocycles. The molecule has 0 heterocycles. The Hall–Kier alpha value is -0.570. The summed E-state index contributed by atoms with van der Waals surface area (Å²) in [4.78, 5) is 11.9. The van der Waals surface area contributed by atoms with E-state index in [1.807, 2.05) is 0 Å². The predicted octanol–water partition coefficient (Wildman–Crippen LogP) is 2.59. The zero-order valence-corrected chi connectivity index (χ0v) is 11.4. The molecule has 3 atom stereocenters. The number of carbonyl (C=O) groups is 1. The number of carbonyl (C=O) groups excluding carboxylic acids is 1. The minimum absolute atomic E-state index is 0.0530. The van der Waals surface area contributed by atoms with Gasteiger partial charge in [-0.25, -0.2) is 0 Å². The van der Waals surface area contributed by atoms with Crippen LogP contribution in [0.2, 0.25) is 0 Å². The summed E-state index contributed by atoms with van der Waals surface area (Å²) in [5.41, 5.74) is 5.89. The average Bonchev–Trinajstić information content (AvgIpc) is 2.52. The van der Waals surface area contributed by atoms with Crippen LogP contribution in [0.3, 0.4) is 0 Å². The van der Waals surface area contributed by atoms with Crippen LogP contribution in [-0.4, -0.2) is 18.0 Å². The van der Waals surface area contributed by atoms with Gasteiger partial charge in [-0.2, -0.15) is 0 Å². The lowest BCUT2D eigenvalue weighted by atomic mass is 9.96. The highest BCUT2D eigenvalue weighted by atomic mass is 16.2. The topological polar surface area (TPSA) is 55.1 Å². The Morgan fingerprint density at radius 1 is 1.35 bits per heavy atom. The Morgan fingerprint density at radius 2 is 2.06 bits per heavy atom. The molecule has 0 aromatic carbocycles. The van der Waals surface area contributed by atoms with Crippen molar-refractivity contribution in [2.45, 2.75) is 77.3 Å². The molecule has 0 aromatic rings. The lowest BCUT2D eigenvalue weighted by Gasteiger charge is -2.24. The number of nitrogens with two attached hydrogens (primary N) is 1. The number of nitrogens with one attached hydrogen (secondary N) is 1. The van der Waals surface area contributed by atoms with Gasteiger partial charge < -0.3 is 11.1 Å². The standard InChI is InChI=1S/C14H28N2O/c1-3-4-9-12(15)14(17)16-13-10-7-5-6-8-11(13)2/h11-13H,3-10,15H2,1-2H3,(H,16,17)/t11?,12-,13?/m0/s1. The van der Waals surface area contributed by atoms with Gasteiger partial charge in [-0.3, -0.25) is 4.79 Å². The largest absolute Gasteiger partial charge is 0.352 e. The van der Waals surface area contributed by atoms with E-state index in [-0.39, 0.29) is 11.9 Å². The fourth-order valence-corrected chi connectivity index (χ4v) is 2.55. The van der Waals surface area contributed by atoms with Gasteiger partial charge in [0.2, 0.25) is 5.91 Å². The van der Waals surface area contributed by atoms with Gasteiger partial charge >= 0.3 is 0 Å². The molecule has 1 rings (SSSR count). The predicted molar refractivity (Wildman–Crippen MR) is 71.7 cm³/mol.